The summed E-state index contributed by atoms with van der Waals surface area (Å²) in [6, 6.07) is 8.26. The van der Waals surface area contributed by atoms with Gasteiger partial charge in [0, 0.05) is 30.5 Å². The maximum Gasteiger partial charge on any atom is 0.222 e. The minimum Gasteiger partial charge on any atom is -0.343 e. The molecule has 2 saturated heterocycles. The monoisotopic (exact) mass is 386 g/mol. The van der Waals surface area contributed by atoms with Gasteiger partial charge in [-0.3, -0.25) is 4.79 Å². The first-order valence-corrected chi connectivity index (χ1v) is 8.69. The first-order valence-electron chi connectivity index (χ1n) is 7.90. The number of hydrogen-bond acceptors (Lipinski definition) is 2. The quantitative estimate of drug-likeness (QED) is 0.862. The van der Waals surface area contributed by atoms with E-state index in [1.165, 1.54) is 24.8 Å². The van der Waals surface area contributed by atoms with Crippen molar-refractivity contribution in [3.05, 3.63) is 34.3 Å². The molecule has 2 heterocycles. The molecule has 2 aliphatic rings. The fourth-order valence-corrected chi connectivity index (χ4v) is 3.78. The number of nitrogens with one attached hydrogen (secondary N) is 1. The van der Waals surface area contributed by atoms with Crippen molar-refractivity contribution in [1.29, 1.82) is 0 Å². The maximum atomic E-state index is 12.3. The Morgan fingerprint density at radius 3 is 2.45 bits per heavy atom. The smallest absolute Gasteiger partial charge is 0.222 e. The Hall–Kier alpha value is -0.580. The van der Waals surface area contributed by atoms with E-state index in [0.717, 1.165) is 37.1 Å². The van der Waals surface area contributed by atoms with Crippen LogP contribution in [-0.2, 0) is 11.2 Å². The number of amides is 1. The average Bonchev–Trinajstić information content (AvgIpc) is 2.95. The van der Waals surface area contributed by atoms with Crippen molar-refractivity contribution in [3.63, 3.8) is 0 Å². The third kappa shape index (κ3) is 4.24. The first-order chi connectivity index (χ1) is 10.2. The van der Waals surface area contributed by atoms with Gasteiger partial charge in [-0.2, -0.15) is 0 Å². The number of piperidine rings is 1. The predicted molar refractivity (Wildman–Crippen MR) is 95.4 cm³/mol. The molecule has 1 aromatic carbocycles. The summed E-state index contributed by atoms with van der Waals surface area (Å²) in [4.78, 5) is 14.4. The van der Waals surface area contributed by atoms with E-state index in [1.807, 2.05) is 12.1 Å². The second-order valence-corrected chi connectivity index (χ2v) is 7.35. The van der Waals surface area contributed by atoms with Crippen molar-refractivity contribution in [2.24, 2.45) is 5.41 Å². The van der Waals surface area contributed by atoms with E-state index in [4.69, 9.17) is 0 Å². The zero-order valence-electron chi connectivity index (χ0n) is 12.8. The number of carbonyl (C=O) groups is 1. The Morgan fingerprint density at radius 2 is 1.86 bits per heavy atom. The van der Waals surface area contributed by atoms with E-state index in [2.05, 4.69) is 38.3 Å². The van der Waals surface area contributed by atoms with Crippen molar-refractivity contribution in [3.8, 4) is 0 Å². The summed E-state index contributed by atoms with van der Waals surface area (Å²) >= 11 is 3.44. The molecule has 0 unspecified atom stereocenters. The highest BCUT2D eigenvalue weighted by molar-refractivity contribution is 9.10. The van der Waals surface area contributed by atoms with Gasteiger partial charge in [0.2, 0.25) is 5.91 Å². The lowest BCUT2D eigenvalue weighted by molar-refractivity contribution is -0.133. The van der Waals surface area contributed by atoms with Crippen LogP contribution in [0.4, 0.5) is 0 Å². The molecule has 0 saturated carbocycles. The van der Waals surface area contributed by atoms with Gasteiger partial charge < -0.3 is 10.2 Å². The average molecular weight is 388 g/mol. The lowest BCUT2D eigenvalue weighted by Gasteiger charge is -2.39. The van der Waals surface area contributed by atoms with Crippen molar-refractivity contribution >= 4 is 34.2 Å². The minimum atomic E-state index is 0. The van der Waals surface area contributed by atoms with Gasteiger partial charge in [-0.05, 0) is 55.3 Å². The molecule has 1 N–H and O–H groups in total. The number of nitrogens with zero attached hydrogens (tertiary/aromatic N) is 1. The van der Waals surface area contributed by atoms with Gasteiger partial charge in [0.1, 0.15) is 0 Å². The van der Waals surface area contributed by atoms with Crippen LogP contribution in [0.1, 0.15) is 31.2 Å². The molecule has 1 amide bonds. The van der Waals surface area contributed by atoms with Crippen LogP contribution in [0.2, 0.25) is 0 Å². The molecule has 0 atom stereocenters. The number of halogens is 2. The topological polar surface area (TPSA) is 32.3 Å². The highest BCUT2D eigenvalue weighted by Crippen LogP contribution is 2.37. The summed E-state index contributed by atoms with van der Waals surface area (Å²) in [5.74, 6) is 0.318. The number of rotatable bonds is 3. The minimum absolute atomic E-state index is 0. The van der Waals surface area contributed by atoms with Crippen LogP contribution in [0.3, 0.4) is 0 Å². The molecular formula is C17H24BrClN2O. The summed E-state index contributed by atoms with van der Waals surface area (Å²) in [5, 5.41) is 3.47. The van der Waals surface area contributed by atoms with Crippen LogP contribution < -0.4 is 5.32 Å². The van der Waals surface area contributed by atoms with Crippen molar-refractivity contribution in [1.82, 2.24) is 10.2 Å². The lowest BCUT2D eigenvalue weighted by Crippen LogP contribution is -2.44. The van der Waals surface area contributed by atoms with Crippen LogP contribution in [0.15, 0.2) is 28.7 Å². The second kappa shape index (κ2) is 7.80. The SMILES string of the molecule is Cl.O=C(CCc1ccc(Br)cc1)N1CCC2(CCNC2)CC1. The Morgan fingerprint density at radius 1 is 1.18 bits per heavy atom. The third-order valence-corrected chi connectivity index (χ3v) is 5.58. The van der Waals surface area contributed by atoms with Crippen LogP contribution in [0.25, 0.3) is 0 Å². The largest absolute Gasteiger partial charge is 0.343 e. The standard InChI is InChI=1S/C17H23BrN2O.ClH/c18-15-4-1-14(2-5-15)3-6-16(21)20-11-8-17(9-12-20)7-10-19-13-17;/h1-2,4-5,19H,3,6-13H2;1H. The molecule has 0 aliphatic carbocycles. The Labute approximate surface area is 147 Å². The molecule has 3 nitrogen and oxygen atoms in total. The van der Waals surface area contributed by atoms with Crippen LogP contribution >= 0.6 is 28.3 Å². The van der Waals surface area contributed by atoms with Crippen molar-refractivity contribution in [2.45, 2.75) is 32.1 Å². The van der Waals surface area contributed by atoms with Gasteiger partial charge in [0.25, 0.3) is 0 Å². The van der Waals surface area contributed by atoms with E-state index in [-0.39, 0.29) is 12.4 Å². The highest BCUT2D eigenvalue weighted by Gasteiger charge is 2.37. The molecule has 5 heteroatoms. The number of carbonyl (C=O) groups excluding carboxylic acids is 1. The number of aryl methyl sites for hydroxylation is 1. The molecule has 1 aromatic rings. The maximum absolute atomic E-state index is 12.3. The molecule has 2 aliphatic heterocycles. The molecule has 0 radical (unpaired) electrons. The fraction of sp³-hybridized carbons (Fsp3) is 0.588. The number of benzene rings is 1. The van der Waals surface area contributed by atoms with Crippen LogP contribution in [0, 0.1) is 5.41 Å². The molecule has 22 heavy (non-hydrogen) atoms. The summed E-state index contributed by atoms with van der Waals surface area (Å²) in [7, 11) is 0. The Kier molecular flexibility index (Phi) is 6.30. The summed E-state index contributed by atoms with van der Waals surface area (Å²) in [6.07, 6.45) is 5.10. The second-order valence-electron chi connectivity index (χ2n) is 6.43. The Balaban J connectivity index is 0.00000176. The van der Waals surface area contributed by atoms with E-state index in [0.29, 0.717) is 17.7 Å². The third-order valence-electron chi connectivity index (χ3n) is 5.05. The molecule has 1 spiro atoms. The lowest BCUT2D eigenvalue weighted by atomic mass is 9.78. The van der Waals surface area contributed by atoms with Gasteiger partial charge in [0.05, 0.1) is 0 Å². The number of likely N-dealkylation sites (tertiary alicyclic amines) is 1. The Bertz CT molecular complexity index is 490. The molecule has 2 fully saturated rings. The summed E-state index contributed by atoms with van der Waals surface area (Å²) in [6.45, 7) is 4.19. The molecule has 122 valence electrons. The van der Waals surface area contributed by atoms with Crippen molar-refractivity contribution < 1.29 is 4.79 Å². The summed E-state index contributed by atoms with van der Waals surface area (Å²) < 4.78 is 1.09. The van der Waals surface area contributed by atoms with Crippen LogP contribution in [-0.4, -0.2) is 37.0 Å². The van der Waals surface area contributed by atoms with E-state index in [1.54, 1.807) is 0 Å². The first kappa shape index (κ1) is 17.8. The molecule has 0 aromatic heterocycles. The molecule has 3 rings (SSSR count). The van der Waals surface area contributed by atoms with Gasteiger partial charge in [-0.1, -0.05) is 28.1 Å². The van der Waals surface area contributed by atoms with Crippen molar-refractivity contribution in [2.75, 3.05) is 26.2 Å². The zero-order chi connectivity index (χ0) is 14.7. The number of hydrogen-bond donors (Lipinski definition) is 1. The molecular weight excluding hydrogens is 364 g/mol. The van der Waals surface area contributed by atoms with E-state index < -0.39 is 0 Å². The van der Waals surface area contributed by atoms with Crippen LogP contribution in [0.5, 0.6) is 0 Å². The van der Waals surface area contributed by atoms with Gasteiger partial charge in [-0.25, -0.2) is 0 Å². The van der Waals surface area contributed by atoms with Gasteiger partial charge >= 0.3 is 0 Å². The molecule has 0 bridgehead atoms. The summed E-state index contributed by atoms with van der Waals surface area (Å²) in [5.41, 5.74) is 1.72. The van der Waals surface area contributed by atoms with Gasteiger partial charge in [-0.15, -0.1) is 12.4 Å². The van der Waals surface area contributed by atoms with Gasteiger partial charge in [0.15, 0.2) is 0 Å². The normalized spacial score (nSPS) is 20.0. The van der Waals surface area contributed by atoms with E-state index in [9.17, 15) is 4.79 Å². The van der Waals surface area contributed by atoms with E-state index >= 15 is 0 Å². The predicted octanol–water partition coefficient (Wildman–Crippen LogP) is 3.41. The highest BCUT2D eigenvalue weighted by atomic mass is 79.9. The fourth-order valence-electron chi connectivity index (χ4n) is 3.51. The zero-order valence-corrected chi connectivity index (χ0v) is 15.2.